The fourth-order valence-corrected chi connectivity index (χ4v) is 15.3. The van der Waals surface area contributed by atoms with E-state index in [-0.39, 0.29) is 109 Å². The molecule has 9 nitrogen and oxygen atoms in total. The Morgan fingerprint density at radius 1 is 0.231 bits per heavy atom. The van der Waals surface area contributed by atoms with Crippen LogP contribution in [0.15, 0.2) is 123 Å². The molecule has 1 heterocycles. The van der Waals surface area contributed by atoms with Gasteiger partial charge in [-0.1, -0.05) is 13.5 Å². The molecule has 7 rings (SSSR count). The molecule has 0 bridgehead atoms. The van der Waals surface area contributed by atoms with Crippen molar-refractivity contribution in [3.05, 3.63) is 177 Å². The molecule has 420 valence electrons. The highest BCUT2D eigenvalue weighted by atomic mass is 31.3. The summed E-state index contributed by atoms with van der Waals surface area (Å²) in [5.74, 6) is -22.3. The first-order valence-electron chi connectivity index (χ1n) is 20.0. The summed E-state index contributed by atoms with van der Waals surface area (Å²) < 4.78 is 389. The van der Waals surface area contributed by atoms with Crippen molar-refractivity contribution in [1.82, 2.24) is 0 Å². The Kier molecular flexibility index (Phi) is 15.4. The summed E-state index contributed by atoms with van der Waals surface area (Å²) in [4.78, 5) is 0. The Morgan fingerprint density at radius 2 is 0.359 bits per heavy atom. The van der Waals surface area contributed by atoms with Gasteiger partial charge in [-0.3, -0.25) is 0 Å². The minimum Gasteiger partial charge on any atom is -0.413 e. The molecule has 0 spiro atoms. The monoisotopic (exact) mass is 1210 g/mol. The lowest BCUT2D eigenvalue weighted by atomic mass is 10.2. The van der Waals surface area contributed by atoms with Crippen LogP contribution in [0, 0.1) is 34.9 Å². The molecule has 0 atom stereocenters. The molecule has 1 aliphatic rings. The molecular formula is C42H18F24N3O6P3. The van der Waals surface area contributed by atoms with Crippen LogP contribution in [0.1, 0.15) is 33.4 Å². The lowest BCUT2D eigenvalue weighted by Gasteiger charge is -2.33. The van der Waals surface area contributed by atoms with Crippen LogP contribution in [0.4, 0.5) is 105 Å². The van der Waals surface area contributed by atoms with Crippen molar-refractivity contribution < 1.29 is 133 Å². The highest BCUT2D eigenvalue weighted by molar-refractivity contribution is 7.79. The van der Waals surface area contributed by atoms with Gasteiger partial charge in [-0.15, -0.1) is 0 Å². The zero-order chi connectivity index (χ0) is 58.0. The SMILES string of the molecule is Fc1ccc(OP2(Oc3ccc(F)c(C(F)(F)F)c3)=NP(Oc3ccc(F)c(C(F)(F)F)c3)(Oc3ccc(F)c(C(F)(F)F)c3)=NP(Oc3ccc(F)c(C(F)(F)F)c3)(Oc3ccc(F)c(C(F)(F)F)c3)=N2)cc1C(F)(F)F. The maximum absolute atomic E-state index is 14.8. The number of nitrogens with zero attached hydrogens (tertiary/aromatic N) is 3. The Labute approximate surface area is 417 Å². The zero-order valence-corrected chi connectivity index (χ0v) is 39.3. The van der Waals surface area contributed by atoms with Crippen molar-refractivity contribution >= 4 is 23.0 Å². The van der Waals surface area contributed by atoms with Gasteiger partial charge >= 0.3 is 60.0 Å². The van der Waals surface area contributed by atoms with Crippen molar-refractivity contribution in [3.63, 3.8) is 0 Å². The number of hydrogen-bond acceptors (Lipinski definition) is 9. The molecule has 0 unspecified atom stereocenters. The summed E-state index contributed by atoms with van der Waals surface area (Å²) in [6.45, 7) is 0. The van der Waals surface area contributed by atoms with E-state index in [4.69, 9.17) is 27.1 Å². The molecule has 0 saturated heterocycles. The van der Waals surface area contributed by atoms with Gasteiger partial charge in [0.15, 0.2) is 0 Å². The van der Waals surface area contributed by atoms with Crippen LogP contribution in [0.3, 0.4) is 0 Å². The maximum atomic E-state index is 14.8. The average molecular weight is 1210 g/mol. The third-order valence-electron chi connectivity index (χ3n) is 9.48. The minimum absolute atomic E-state index is 0.0733. The number of alkyl halides is 18. The van der Waals surface area contributed by atoms with Gasteiger partial charge in [0, 0.05) is 0 Å². The van der Waals surface area contributed by atoms with Crippen LogP contribution >= 0.6 is 23.0 Å². The molecule has 6 aromatic rings. The summed E-state index contributed by atoms with van der Waals surface area (Å²) in [5.41, 5.74) is -14.0. The molecule has 0 aromatic heterocycles. The molecule has 1 aliphatic heterocycles. The molecule has 0 radical (unpaired) electrons. The summed E-state index contributed by atoms with van der Waals surface area (Å²) in [6, 6.07) is -1.35. The lowest BCUT2D eigenvalue weighted by Crippen LogP contribution is -2.14. The average Bonchev–Trinajstić information content (AvgIpc) is 3.40. The first-order valence-corrected chi connectivity index (χ1v) is 24.6. The Bertz CT molecular complexity index is 2900. The fraction of sp³-hybridized carbons (Fsp3) is 0.143. The second-order valence-corrected chi connectivity index (χ2v) is 21.3. The van der Waals surface area contributed by atoms with Crippen LogP contribution in [-0.4, -0.2) is 0 Å². The van der Waals surface area contributed by atoms with Crippen molar-refractivity contribution in [2.24, 2.45) is 13.5 Å². The molecule has 0 fully saturated rings. The number of rotatable bonds is 12. The first kappa shape index (κ1) is 58.8. The van der Waals surface area contributed by atoms with Gasteiger partial charge in [0.05, 0.1) is 33.4 Å². The van der Waals surface area contributed by atoms with Crippen molar-refractivity contribution in [1.29, 1.82) is 0 Å². The molecule has 0 N–H and O–H groups in total. The fourth-order valence-electron chi connectivity index (χ4n) is 6.25. The van der Waals surface area contributed by atoms with E-state index in [1.807, 2.05) is 0 Å². The van der Waals surface area contributed by atoms with Gasteiger partial charge in [-0.05, 0) is 109 Å². The van der Waals surface area contributed by atoms with Gasteiger partial charge in [0.1, 0.15) is 69.4 Å². The summed E-state index contributed by atoms with van der Waals surface area (Å²) >= 11 is 0. The molecule has 6 aromatic carbocycles. The number of halogens is 24. The van der Waals surface area contributed by atoms with E-state index in [9.17, 15) is 105 Å². The summed E-state index contributed by atoms with van der Waals surface area (Å²) in [6.07, 6.45) is -34.6. The largest absolute Gasteiger partial charge is 0.460 e. The van der Waals surface area contributed by atoms with Crippen molar-refractivity contribution in [2.45, 2.75) is 37.1 Å². The Hall–Kier alpha value is -6.87. The molecule has 0 aliphatic carbocycles. The lowest BCUT2D eigenvalue weighted by molar-refractivity contribution is -0.140. The standard InChI is InChI=1S/C42H18F24N3O6P3/c43-31-7-1-19(13-25(31)37(49,50)51)70-76(71-20-2-8-32(44)26(14-20)38(52,53)54)67-77(72-21-3-9-33(45)27(15-21)39(55,56)57,73-22-4-10-34(46)28(16-22)40(58,59)60)69-78(68-76,74-23-5-11-35(47)29(17-23)41(61,62)63)75-24-6-12-36(48)30(18-24)42(64,65)66/h1-18H. The van der Waals surface area contributed by atoms with E-state index in [1.54, 1.807) is 0 Å². The molecule has 0 amide bonds. The van der Waals surface area contributed by atoms with Crippen LogP contribution in [0.25, 0.3) is 0 Å². The quantitative estimate of drug-likeness (QED) is 0.0895. The number of benzene rings is 6. The smallest absolute Gasteiger partial charge is 0.413 e. The third-order valence-corrected chi connectivity index (χ3v) is 17.6. The van der Waals surface area contributed by atoms with E-state index >= 15 is 0 Å². The van der Waals surface area contributed by atoms with E-state index in [0.717, 1.165) is 0 Å². The van der Waals surface area contributed by atoms with E-state index in [0.29, 0.717) is 0 Å². The van der Waals surface area contributed by atoms with Crippen LogP contribution in [0.5, 0.6) is 34.5 Å². The van der Waals surface area contributed by atoms with Gasteiger partial charge in [0.2, 0.25) is 0 Å². The maximum Gasteiger partial charge on any atom is 0.460 e. The van der Waals surface area contributed by atoms with E-state index in [1.165, 1.54) is 0 Å². The summed E-state index contributed by atoms with van der Waals surface area (Å²) in [5, 5.41) is 0. The van der Waals surface area contributed by atoms with Crippen LogP contribution in [0.2, 0.25) is 0 Å². The van der Waals surface area contributed by atoms with Gasteiger partial charge in [-0.25, -0.2) is 26.3 Å². The topological polar surface area (TPSA) is 92.5 Å². The second-order valence-electron chi connectivity index (χ2n) is 15.1. The Morgan fingerprint density at radius 3 is 0.474 bits per heavy atom. The molecule has 36 heteroatoms. The first-order chi connectivity index (χ1) is 35.7. The van der Waals surface area contributed by atoms with Gasteiger partial charge in [-0.2, -0.15) is 79.0 Å². The van der Waals surface area contributed by atoms with E-state index < -0.39 is 163 Å². The normalized spacial score (nSPS) is 15.5. The van der Waals surface area contributed by atoms with Gasteiger partial charge in [0.25, 0.3) is 0 Å². The van der Waals surface area contributed by atoms with Crippen molar-refractivity contribution in [2.75, 3.05) is 0 Å². The molecular weight excluding hydrogens is 1190 g/mol. The van der Waals surface area contributed by atoms with Crippen LogP contribution in [-0.2, 0) is 37.1 Å². The predicted molar refractivity (Wildman–Crippen MR) is 220 cm³/mol. The van der Waals surface area contributed by atoms with Crippen LogP contribution < -0.4 is 27.1 Å². The second kappa shape index (κ2) is 20.4. The molecule has 0 saturated carbocycles. The van der Waals surface area contributed by atoms with E-state index in [2.05, 4.69) is 13.5 Å². The van der Waals surface area contributed by atoms with Crippen molar-refractivity contribution in [3.8, 4) is 34.5 Å². The predicted octanol–water partition coefficient (Wildman–Crippen LogP) is 19.3. The minimum atomic E-state index is -6.42. The summed E-state index contributed by atoms with van der Waals surface area (Å²) in [7, 11) is -19.3. The zero-order valence-electron chi connectivity index (χ0n) is 36.6. The highest BCUT2D eigenvalue weighted by Gasteiger charge is 2.51. The highest BCUT2D eigenvalue weighted by Crippen LogP contribution is 2.79. The Balaban J connectivity index is 1.74. The van der Waals surface area contributed by atoms with Gasteiger partial charge < -0.3 is 27.1 Å². The molecule has 78 heavy (non-hydrogen) atoms. The third kappa shape index (κ3) is 13.3. The number of hydrogen-bond donors (Lipinski definition) is 0.